The quantitative estimate of drug-likeness (QED) is 0.251. The molecule has 0 aromatic carbocycles. The number of carbonyl (C=O) groups is 1. The molecule has 0 aliphatic heterocycles. The summed E-state index contributed by atoms with van der Waals surface area (Å²) in [5.41, 5.74) is 0. The molecule has 0 aliphatic carbocycles. The largest absolute Gasteiger partial charge is 0.464 e. The average molecular weight is 157 g/mol. The highest BCUT2D eigenvalue weighted by molar-refractivity contribution is 5.71. The smallest absolute Gasteiger partial charge is 0.321 e. The molecule has 5 heteroatoms. The molecule has 0 unspecified atom stereocenters. The van der Waals surface area contributed by atoms with E-state index < -0.39 is 5.97 Å². The lowest BCUT2D eigenvalue weighted by Crippen LogP contribution is -2.33. The minimum atomic E-state index is -0.412. The number of nitrogens with zero attached hydrogens (tertiary/aromatic N) is 2. The van der Waals surface area contributed by atoms with Crippen LogP contribution < -0.4 is 5.84 Å². The molecule has 0 radical (unpaired) electrons. The van der Waals surface area contributed by atoms with Gasteiger partial charge in [0.25, 0.3) is 0 Å². The fourth-order valence-electron chi connectivity index (χ4n) is 0.460. The highest BCUT2D eigenvalue weighted by Crippen LogP contribution is 1.82. The van der Waals surface area contributed by atoms with Gasteiger partial charge >= 0.3 is 5.97 Å². The van der Waals surface area contributed by atoms with Crippen LogP contribution in [-0.2, 0) is 9.53 Å². The van der Waals surface area contributed by atoms with Crippen LogP contribution in [-0.4, -0.2) is 31.2 Å². The molecule has 5 nitrogen and oxygen atoms in total. The van der Waals surface area contributed by atoms with E-state index >= 15 is 0 Å². The van der Waals surface area contributed by atoms with Crippen molar-refractivity contribution in [1.29, 1.82) is 5.26 Å². The molecule has 0 fully saturated rings. The standard InChI is InChI=1S/C6H11N3O2/c1-9(8)5-6(10)11-4-2-3-7/h2,4-5,8H2,1H3. The minimum absolute atomic E-state index is 0.0471. The van der Waals surface area contributed by atoms with E-state index in [9.17, 15) is 4.79 Å². The second-order valence-electron chi connectivity index (χ2n) is 2.04. The third kappa shape index (κ3) is 6.77. The van der Waals surface area contributed by atoms with E-state index in [1.165, 1.54) is 5.01 Å². The molecule has 0 aromatic heterocycles. The molecule has 0 spiro atoms. The van der Waals surface area contributed by atoms with Gasteiger partial charge in [-0.25, -0.2) is 5.01 Å². The summed E-state index contributed by atoms with van der Waals surface area (Å²) < 4.78 is 4.61. The first-order chi connectivity index (χ1) is 5.16. The summed E-state index contributed by atoms with van der Waals surface area (Å²) in [4.78, 5) is 10.7. The molecule has 11 heavy (non-hydrogen) atoms. The van der Waals surface area contributed by atoms with Crippen LogP contribution in [0.3, 0.4) is 0 Å². The predicted molar refractivity (Wildman–Crippen MR) is 38.0 cm³/mol. The van der Waals surface area contributed by atoms with E-state index in [1.807, 2.05) is 6.07 Å². The number of hydrogen-bond acceptors (Lipinski definition) is 5. The zero-order valence-corrected chi connectivity index (χ0v) is 6.41. The molecule has 2 N–H and O–H groups in total. The SMILES string of the molecule is CN(N)CC(=O)OCCC#N. The van der Waals surface area contributed by atoms with Gasteiger partial charge in [0.15, 0.2) is 0 Å². The van der Waals surface area contributed by atoms with Gasteiger partial charge < -0.3 is 4.74 Å². The molecular weight excluding hydrogens is 146 g/mol. The maximum Gasteiger partial charge on any atom is 0.321 e. The van der Waals surface area contributed by atoms with Crippen molar-refractivity contribution >= 4 is 5.97 Å². The summed E-state index contributed by atoms with van der Waals surface area (Å²) >= 11 is 0. The summed E-state index contributed by atoms with van der Waals surface area (Å²) in [6.45, 7) is 0.189. The van der Waals surface area contributed by atoms with Crippen LogP contribution in [0.15, 0.2) is 0 Å². The van der Waals surface area contributed by atoms with Crippen molar-refractivity contribution in [3.05, 3.63) is 0 Å². The molecule has 0 saturated carbocycles. The van der Waals surface area contributed by atoms with Gasteiger partial charge in [0.05, 0.1) is 12.5 Å². The van der Waals surface area contributed by atoms with E-state index in [-0.39, 0.29) is 19.6 Å². The highest BCUT2D eigenvalue weighted by atomic mass is 16.5. The van der Waals surface area contributed by atoms with Gasteiger partial charge in [-0.05, 0) is 0 Å². The van der Waals surface area contributed by atoms with Crippen LogP contribution in [0.4, 0.5) is 0 Å². The molecule has 0 heterocycles. The topological polar surface area (TPSA) is 79.3 Å². The van der Waals surface area contributed by atoms with Gasteiger partial charge in [0.1, 0.15) is 13.2 Å². The maximum atomic E-state index is 10.7. The molecular formula is C6H11N3O2. The fourth-order valence-corrected chi connectivity index (χ4v) is 0.460. The molecule has 0 saturated heterocycles. The zero-order valence-electron chi connectivity index (χ0n) is 6.41. The van der Waals surface area contributed by atoms with Gasteiger partial charge in [-0.15, -0.1) is 0 Å². The van der Waals surface area contributed by atoms with E-state index in [4.69, 9.17) is 11.1 Å². The summed E-state index contributed by atoms with van der Waals surface area (Å²) in [5.74, 6) is 4.75. The van der Waals surface area contributed by atoms with Gasteiger partial charge in [0.2, 0.25) is 0 Å². The van der Waals surface area contributed by atoms with Crippen molar-refractivity contribution in [3.8, 4) is 6.07 Å². The first kappa shape index (κ1) is 9.88. The number of ether oxygens (including phenoxy) is 1. The van der Waals surface area contributed by atoms with Crippen molar-refractivity contribution < 1.29 is 9.53 Å². The fraction of sp³-hybridized carbons (Fsp3) is 0.667. The van der Waals surface area contributed by atoms with Crippen LogP contribution in [0.1, 0.15) is 6.42 Å². The highest BCUT2D eigenvalue weighted by Gasteiger charge is 2.02. The Kier molecular flexibility index (Phi) is 5.07. The number of nitrogens with two attached hydrogens (primary N) is 1. The van der Waals surface area contributed by atoms with Gasteiger partial charge in [-0.2, -0.15) is 5.26 Å². The van der Waals surface area contributed by atoms with Crippen molar-refractivity contribution in [2.75, 3.05) is 20.2 Å². The van der Waals surface area contributed by atoms with E-state index in [0.717, 1.165) is 0 Å². The van der Waals surface area contributed by atoms with Crippen molar-refractivity contribution in [2.45, 2.75) is 6.42 Å². The molecule has 0 atom stereocenters. The Morgan fingerprint density at radius 1 is 1.82 bits per heavy atom. The number of nitriles is 1. The molecule has 0 aliphatic rings. The number of carbonyl (C=O) groups excluding carboxylic acids is 1. The molecule has 0 aromatic rings. The Morgan fingerprint density at radius 3 is 2.91 bits per heavy atom. The van der Waals surface area contributed by atoms with Crippen LogP contribution in [0, 0.1) is 11.3 Å². The Labute approximate surface area is 65.3 Å². The average Bonchev–Trinajstić information content (AvgIpc) is 1.86. The number of esters is 1. The van der Waals surface area contributed by atoms with Crippen LogP contribution in [0.2, 0.25) is 0 Å². The summed E-state index contributed by atoms with van der Waals surface area (Å²) in [7, 11) is 1.56. The second-order valence-corrected chi connectivity index (χ2v) is 2.04. The molecule has 0 bridgehead atoms. The number of likely N-dealkylation sites (N-methyl/N-ethyl adjacent to an activating group) is 1. The number of rotatable bonds is 4. The third-order valence-electron chi connectivity index (χ3n) is 0.855. The first-order valence-corrected chi connectivity index (χ1v) is 3.15. The lowest BCUT2D eigenvalue weighted by Gasteiger charge is -2.07. The number of hydrogen-bond donors (Lipinski definition) is 1. The predicted octanol–water partition coefficient (Wildman–Crippen LogP) is -0.751. The first-order valence-electron chi connectivity index (χ1n) is 3.15. The lowest BCUT2D eigenvalue weighted by atomic mass is 10.5. The van der Waals surface area contributed by atoms with E-state index in [2.05, 4.69) is 4.74 Å². The van der Waals surface area contributed by atoms with E-state index in [1.54, 1.807) is 7.05 Å². The summed E-state index contributed by atoms with van der Waals surface area (Å²) in [5, 5.41) is 9.30. The zero-order chi connectivity index (χ0) is 8.69. The Morgan fingerprint density at radius 2 is 2.45 bits per heavy atom. The second kappa shape index (κ2) is 5.65. The van der Waals surface area contributed by atoms with Crippen LogP contribution in [0.5, 0.6) is 0 Å². The third-order valence-corrected chi connectivity index (χ3v) is 0.855. The van der Waals surface area contributed by atoms with E-state index in [0.29, 0.717) is 0 Å². The minimum Gasteiger partial charge on any atom is -0.464 e. The summed E-state index contributed by atoms with van der Waals surface area (Å²) in [6.07, 6.45) is 0.222. The van der Waals surface area contributed by atoms with Crippen molar-refractivity contribution in [3.63, 3.8) is 0 Å². The van der Waals surface area contributed by atoms with Crippen molar-refractivity contribution in [2.24, 2.45) is 5.84 Å². The Balaban J connectivity index is 3.32. The van der Waals surface area contributed by atoms with Crippen LogP contribution in [0.25, 0.3) is 0 Å². The Hall–Kier alpha value is -1.12. The van der Waals surface area contributed by atoms with Crippen LogP contribution >= 0.6 is 0 Å². The number of hydrazine groups is 1. The molecule has 0 amide bonds. The van der Waals surface area contributed by atoms with Crippen molar-refractivity contribution in [1.82, 2.24) is 5.01 Å². The normalized spacial score (nSPS) is 9.27. The lowest BCUT2D eigenvalue weighted by molar-refractivity contribution is -0.144. The van der Waals surface area contributed by atoms with Gasteiger partial charge in [-0.3, -0.25) is 10.6 Å². The van der Waals surface area contributed by atoms with Gasteiger partial charge in [0, 0.05) is 7.05 Å². The molecule has 0 rings (SSSR count). The monoisotopic (exact) mass is 157 g/mol. The Bertz CT molecular complexity index is 162. The summed E-state index contributed by atoms with van der Waals surface area (Å²) in [6, 6.07) is 1.85. The maximum absolute atomic E-state index is 10.7. The van der Waals surface area contributed by atoms with Gasteiger partial charge in [-0.1, -0.05) is 0 Å². The molecule has 62 valence electrons.